The van der Waals surface area contributed by atoms with E-state index >= 15 is 0 Å². The van der Waals surface area contributed by atoms with Crippen LogP contribution in [0.15, 0.2) is 35.0 Å². The predicted octanol–water partition coefficient (Wildman–Crippen LogP) is 2.56. The summed E-state index contributed by atoms with van der Waals surface area (Å²) in [5.74, 6) is 0.232. The molecule has 0 N–H and O–H groups in total. The third-order valence-electron chi connectivity index (χ3n) is 5.04. The Morgan fingerprint density at radius 1 is 1.29 bits per heavy atom. The quantitative estimate of drug-likeness (QED) is 0.552. The first-order valence-corrected chi connectivity index (χ1v) is 9.17. The maximum Gasteiger partial charge on any atom is 0.340 e. The molecule has 0 aliphatic carbocycles. The molecule has 1 atom stereocenters. The minimum atomic E-state index is -0.547. The minimum Gasteiger partial charge on any atom is -0.493 e. The maximum absolute atomic E-state index is 13.2. The molecule has 150 valence electrons. The number of amides is 1. The fourth-order valence-corrected chi connectivity index (χ4v) is 3.62. The molecule has 7 heteroatoms. The minimum absolute atomic E-state index is 0.0245. The number of para-hydroxylation sites is 1. The average Bonchev–Trinajstić information content (AvgIpc) is 3.30. The van der Waals surface area contributed by atoms with E-state index < -0.39 is 5.97 Å². The fraction of sp³-hybridized carbons (Fsp3) is 0.429. The van der Waals surface area contributed by atoms with E-state index in [-0.39, 0.29) is 23.2 Å². The highest BCUT2D eigenvalue weighted by Crippen LogP contribution is 2.37. The van der Waals surface area contributed by atoms with Crippen molar-refractivity contribution in [3.05, 3.63) is 40.6 Å². The SMILES string of the molecule is COC(=O)C1=C(C)N(C[C@@H]2CCCO2)C(=O)/C1=C\c1cccc(OC)c1OC. The van der Waals surface area contributed by atoms with Crippen LogP contribution < -0.4 is 9.47 Å². The van der Waals surface area contributed by atoms with Gasteiger partial charge in [-0.05, 0) is 31.9 Å². The van der Waals surface area contributed by atoms with Crippen molar-refractivity contribution < 1.29 is 28.5 Å². The average molecular weight is 387 g/mol. The van der Waals surface area contributed by atoms with Crippen LogP contribution in [0.5, 0.6) is 11.5 Å². The van der Waals surface area contributed by atoms with E-state index in [9.17, 15) is 9.59 Å². The Hall–Kier alpha value is -2.80. The number of benzene rings is 1. The summed E-state index contributed by atoms with van der Waals surface area (Å²) in [7, 11) is 4.38. The van der Waals surface area contributed by atoms with E-state index in [0.717, 1.165) is 12.8 Å². The zero-order chi connectivity index (χ0) is 20.3. The summed E-state index contributed by atoms with van der Waals surface area (Å²) >= 11 is 0. The maximum atomic E-state index is 13.2. The summed E-state index contributed by atoms with van der Waals surface area (Å²) in [6.45, 7) is 2.86. The van der Waals surface area contributed by atoms with Gasteiger partial charge in [0.15, 0.2) is 11.5 Å². The highest BCUT2D eigenvalue weighted by molar-refractivity contribution is 6.16. The van der Waals surface area contributed by atoms with E-state index in [0.29, 0.717) is 35.9 Å². The first-order chi connectivity index (χ1) is 13.5. The van der Waals surface area contributed by atoms with Crippen LogP contribution in [0.3, 0.4) is 0 Å². The third kappa shape index (κ3) is 3.62. The highest BCUT2D eigenvalue weighted by Gasteiger charge is 2.38. The third-order valence-corrected chi connectivity index (χ3v) is 5.04. The van der Waals surface area contributed by atoms with Gasteiger partial charge in [0.25, 0.3) is 5.91 Å². The lowest BCUT2D eigenvalue weighted by molar-refractivity contribution is -0.136. The molecule has 2 heterocycles. The summed E-state index contributed by atoms with van der Waals surface area (Å²) < 4.78 is 21.4. The Balaban J connectivity index is 2.04. The van der Waals surface area contributed by atoms with Crippen LogP contribution in [0.25, 0.3) is 6.08 Å². The number of ether oxygens (including phenoxy) is 4. The van der Waals surface area contributed by atoms with E-state index in [1.165, 1.54) is 14.2 Å². The van der Waals surface area contributed by atoms with Crippen LogP contribution in [0, 0.1) is 0 Å². The van der Waals surface area contributed by atoms with Gasteiger partial charge in [-0.3, -0.25) is 4.79 Å². The van der Waals surface area contributed by atoms with Crippen LogP contribution >= 0.6 is 0 Å². The summed E-state index contributed by atoms with van der Waals surface area (Å²) in [4.78, 5) is 27.2. The van der Waals surface area contributed by atoms with E-state index in [1.807, 2.05) is 0 Å². The van der Waals surface area contributed by atoms with E-state index in [2.05, 4.69) is 0 Å². The number of carbonyl (C=O) groups is 2. The van der Waals surface area contributed by atoms with Crippen LogP contribution in [0.4, 0.5) is 0 Å². The van der Waals surface area contributed by atoms with Crippen molar-refractivity contribution >= 4 is 18.0 Å². The van der Waals surface area contributed by atoms with E-state index in [1.54, 1.807) is 43.2 Å². The molecule has 28 heavy (non-hydrogen) atoms. The van der Waals surface area contributed by atoms with Crippen molar-refractivity contribution in [3.8, 4) is 11.5 Å². The van der Waals surface area contributed by atoms with Gasteiger partial charge in [0.1, 0.15) is 0 Å². The van der Waals surface area contributed by atoms with Crippen molar-refractivity contribution in [2.24, 2.45) is 0 Å². The molecule has 0 radical (unpaired) electrons. The van der Waals surface area contributed by atoms with Gasteiger partial charge in [0.2, 0.25) is 0 Å². The summed E-state index contributed by atoms with van der Waals surface area (Å²) in [6, 6.07) is 5.36. The van der Waals surface area contributed by atoms with Gasteiger partial charge in [0, 0.05) is 17.9 Å². The predicted molar refractivity (Wildman–Crippen MR) is 103 cm³/mol. The Morgan fingerprint density at radius 2 is 2.07 bits per heavy atom. The normalized spacial score (nSPS) is 20.9. The molecule has 0 bridgehead atoms. The largest absolute Gasteiger partial charge is 0.493 e. The smallest absolute Gasteiger partial charge is 0.340 e. The Morgan fingerprint density at radius 3 is 2.68 bits per heavy atom. The summed E-state index contributed by atoms with van der Waals surface area (Å²) in [6.07, 6.45) is 3.49. The van der Waals surface area contributed by atoms with Crippen molar-refractivity contribution in [1.82, 2.24) is 4.90 Å². The zero-order valence-corrected chi connectivity index (χ0v) is 16.6. The summed E-state index contributed by atoms with van der Waals surface area (Å²) in [5, 5.41) is 0. The first kappa shape index (κ1) is 19.9. The Kier molecular flexibility index (Phi) is 6.04. The number of carbonyl (C=O) groups excluding carboxylic acids is 2. The molecule has 1 saturated heterocycles. The molecule has 3 rings (SSSR count). The molecule has 0 aromatic heterocycles. The molecule has 7 nitrogen and oxygen atoms in total. The van der Waals surface area contributed by atoms with Crippen molar-refractivity contribution in [2.75, 3.05) is 34.5 Å². The molecule has 1 fully saturated rings. The van der Waals surface area contributed by atoms with Gasteiger partial charge in [-0.15, -0.1) is 0 Å². The van der Waals surface area contributed by atoms with Crippen molar-refractivity contribution in [3.63, 3.8) is 0 Å². The molecular weight excluding hydrogens is 362 g/mol. The van der Waals surface area contributed by atoms with Gasteiger partial charge < -0.3 is 23.8 Å². The lowest BCUT2D eigenvalue weighted by Gasteiger charge is -2.21. The van der Waals surface area contributed by atoms with Crippen molar-refractivity contribution in [1.29, 1.82) is 0 Å². The molecular formula is C21H25NO6. The number of nitrogens with zero attached hydrogens (tertiary/aromatic N) is 1. The topological polar surface area (TPSA) is 74.3 Å². The number of hydrogen-bond acceptors (Lipinski definition) is 6. The Labute approximate surface area is 164 Å². The second kappa shape index (κ2) is 8.48. The van der Waals surface area contributed by atoms with Crippen LogP contribution in [0.2, 0.25) is 0 Å². The number of methoxy groups -OCH3 is 3. The molecule has 2 aliphatic rings. The van der Waals surface area contributed by atoms with Gasteiger partial charge in [-0.25, -0.2) is 4.79 Å². The second-order valence-corrected chi connectivity index (χ2v) is 6.64. The molecule has 0 unspecified atom stereocenters. The Bertz CT molecular complexity index is 835. The van der Waals surface area contributed by atoms with Gasteiger partial charge in [0.05, 0.1) is 45.1 Å². The van der Waals surface area contributed by atoms with Gasteiger partial charge in [-0.2, -0.15) is 0 Å². The lowest BCUT2D eigenvalue weighted by Crippen LogP contribution is -2.33. The second-order valence-electron chi connectivity index (χ2n) is 6.64. The molecule has 2 aliphatic heterocycles. The first-order valence-electron chi connectivity index (χ1n) is 9.17. The van der Waals surface area contributed by atoms with Gasteiger partial charge >= 0.3 is 5.97 Å². The highest BCUT2D eigenvalue weighted by atomic mass is 16.5. The van der Waals surface area contributed by atoms with Gasteiger partial charge in [-0.1, -0.05) is 12.1 Å². The van der Waals surface area contributed by atoms with Crippen LogP contribution in [-0.4, -0.2) is 57.4 Å². The number of hydrogen-bond donors (Lipinski definition) is 0. The monoisotopic (exact) mass is 387 g/mol. The fourth-order valence-electron chi connectivity index (χ4n) is 3.62. The standard InChI is InChI=1S/C21H25NO6/c1-13-18(21(24)27-4)16(20(23)22(13)12-15-8-6-10-28-15)11-14-7-5-9-17(25-2)19(14)26-3/h5,7,9,11,15H,6,8,10,12H2,1-4H3/b16-11-/t15-/m0/s1. The van der Waals surface area contributed by atoms with Crippen LogP contribution in [0.1, 0.15) is 25.3 Å². The number of esters is 1. The summed E-state index contributed by atoms with van der Waals surface area (Å²) in [5.41, 5.74) is 1.74. The number of rotatable bonds is 6. The lowest BCUT2D eigenvalue weighted by atomic mass is 10.0. The van der Waals surface area contributed by atoms with Crippen molar-refractivity contribution in [2.45, 2.75) is 25.9 Å². The van der Waals surface area contributed by atoms with E-state index in [4.69, 9.17) is 18.9 Å². The molecule has 0 spiro atoms. The van der Waals surface area contributed by atoms with Crippen LogP contribution in [-0.2, 0) is 19.1 Å². The number of allylic oxidation sites excluding steroid dienone is 1. The molecule has 1 aromatic carbocycles. The molecule has 1 amide bonds. The molecule has 1 aromatic rings. The zero-order valence-electron chi connectivity index (χ0n) is 16.6. The molecule has 0 saturated carbocycles.